The molecule has 0 saturated carbocycles. The van der Waals surface area contributed by atoms with Gasteiger partial charge in [-0.15, -0.1) is 10.2 Å². The van der Waals surface area contributed by atoms with Crippen molar-refractivity contribution in [2.24, 2.45) is 0 Å². The highest BCUT2D eigenvalue weighted by Gasteiger charge is 2.28. The molecule has 3 aromatic rings. The van der Waals surface area contributed by atoms with Gasteiger partial charge in [0.15, 0.2) is 6.61 Å². The highest BCUT2D eigenvalue weighted by molar-refractivity contribution is 7.13. The quantitative estimate of drug-likeness (QED) is 0.608. The summed E-state index contributed by atoms with van der Waals surface area (Å²) in [4.78, 5) is 26.9. The maximum Gasteiger partial charge on any atom is 0.286 e. The fourth-order valence-corrected chi connectivity index (χ4v) is 4.42. The Hall–Kier alpha value is -3.33. The highest BCUT2D eigenvalue weighted by atomic mass is 32.1. The number of likely N-dealkylation sites (tertiary alicyclic amines) is 1. The van der Waals surface area contributed by atoms with Crippen LogP contribution in [0.1, 0.15) is 39.1 Å². The number of hydrogen-bond donors (Lipinski definition) is 1. The van der Waals surface area contributed by atoms with Gasteiger partial charge in [-0.1, -0.05) is 23.5 Å². The first-order chi connectivity index (χ1) is 15.5. The van der Waals surface area contributed by atoms with Crippen molar-refractivity contribution in [3.05, 3.63) is 69.9 Å². The Morgan fingerprint density at radius 3 is 2.81 bits per heavy atom. The molecule has 166 valence electrons. The van der Waals surface area contributed by atoms with Gasteiger partial charge in [0.2, 0.25) is 5.01 Å². The second kappa shape index (κ2) is 9.86. The van der Waals surface area contributed by atoms with Gasteiger partial charge in [0.05, 0.1) is 0 Å². The van der Waals surface area contributed by atoms with Crippen molar-refractivity contribution in [3.63, 3.8) is 0 Å². The molecule has 0 radical (unpaired) electrons. The maximum absolute atomic E-state index is 13.0. The normalized spacial score (nSPS) is 15.9. The van der Waals surface area contributed by atoms with E-state index in [2.05, 4.69) is 15.5 Å². The van der Waals surface area contributed by atoms with E-state index in [1.807, 2.05) is 31.2 Å². The van der Waals surface area contributed by atoms with Crippen LogP contribution in [0.4, 0.5) is 10.1 Å². The zero-order valence-corrected chi connectivity index (χ0v) is 18.4. The van der Waals surface area contributed by atoms with Crippen molar-refractivity contribution in [2.75, 3.05) is 25.0 Å². The highest BCUT2D eigenvalue weighted by Crippen LogP contribution is 2.29. The monoisotopic (exact) mass is 454 g/mol. The first kappa shape index (κ1) is 21.9. The number of nitrogens with zero attached hydrogens (tertiary/aromatic N) is 3. The molecule has 0 bridgehead atoms. The molecule has 1 saturated heterocycles. The summed E-state index contributed by atoms with van der Waals surface area (Å²) in [5.74, 6) is -0.142. The molecule has 2 heterocycles. The Morgan fingerprint density at radius 2 is 2.03 bits per heavy atom. The van der Waals surface area contributed by atoms with E-state index >= 15 is 0 Å². The molecule has 4 rings (SSSR count). The topological polar surface area (TPSA) is 84.4 Å². The standard InChI is InChI=1S/C23H23FN4O3S/c1-15-4-2-6-19(12-15)31-14-20(29)28-11-3-5-16(13-28)22-26-27-23(32-22)21(30)25-18-9-7-17(24)8-10-18/h2,4,6-10,12,16H,3,5,11,13-14H2,1H3,(H,25,30)/t16-/m1/s1. The summed E-state index contributed by atoms with van der Waals surface area (Å²) < 4.78 is 18.7. The average Bonchev–Trinajstić information content (AvgIpc) is 3.30. The number of nitrogens with one attached hydrogen (secondary N) is 1. The van der Waals surface area contributed by atoms with Gasteiger partial charge in [-0.3, -0.25) is 9.59 Å². The number of carbonyl (C=O) groups is 2. The van der Waals surface area contributed by atoms with E-state index in [1.54, 1.807) is 4.90 Å². The number of aryl methyl sites for hydroxylation is 1. The Morgan fingerprint density at radius 1 is 1.22 bits per heavy atom. The minimum absolute atomic E-state index is 0.0163. The van der Waals surface area contributed by atoms with E-state index in [0.29, 0.717) is 24.5 Å². The first-order valence-electron chi connectivity index (χ1n) is 10.4. The summed E-state index contributed by atoms with van der Waals surface area (Å²) in [5.41, 5.74) is 1.56. The van der Waals surface area contributed by atoms with E-state index in [1.165, 1.54) is 35.6 Å². The molecule has 1 aliphatic rings. The third kappa shape index (κ3) is 5.47. The molecule has 1 aliphatic heterocycles. The van der Waals surface area contributed by atoms with Crippen molar-refractivity contribution in [3.8, 4) is 5.75 Å². The number of rotatable bonds is 6. The van der Waals surface area contributed by atoms with E-state index in [0.717, 1.165) is 23.4 Å². The van der Waals surface area contributed by atoms with Crippen LogP contribution >= 0.6 is 11.3 Å². The number of amides is 2. The minimum atomic E-state index is -0.393. The lowest BCUT2D eigenvalue weighted by atomic mass is 9.99. The lowest BCUT2D eigenvalue weighted by molar-refractivity contribution is -0.134. The molecule has 1 aromatic heterocycles. The molecular weight excluding hydrogens is 431 g/mol. The summed E-state index contributed by atoms with van der Waals surface area (Å²) in [6.45, 7) is 3.14. The SMILES string of the molecule is Cc1cccc(OCC(=O)N2CCC[C@@H](c3nnc(C(=O)Nc4ccc(F)cc4)s3)C2)c1. The molecule has 32 heavy (non-hydrogen) atoms. The van der Waals surface area contributed by atoms with E-state index in [-0.39, 0.29) is 29.3 Å². The summed E-state index contributed by atoms with van der Waals surface area (Å²) in [7, 11) is 0. The summed E-state index contributed by atoms with van der Waals surface area (Å²) in [6.07, 6.45) is 1.72. The number of halogens is 1. The molecule has 0 unspecified atom stereocenters. The smallest absolute Gasteiger partial charge is 0.286 e. The number of piperidine rings is 1. The molecule has 1 N–H and O–H groups in total. The molecular formula is C23H23FN4O3S. The number of aromatic nitrogens is 2. The summed E-state index contributed by atoms with van der Waals surface area (Å²) in [6, 6.07) is 13.1. The predicted molar refractivity (Wildman–Crippen MR) is 119 cm³/mol. The van der Waals surface area contributed by atoms with Crippen LogP contribution in [0.25, 0.3) is 0 Å². The van der Waals surface area contributed by atoms with Crippen molar-refractivity contribution in [1.82, 2.24) is 15.1 Å². The fraction of sp³-hybridized carbons (Fsp3) is 0.304. The van der Waals surface area contributed by atoms with Gasteiger partial charge < -0.3 is 15.0 Å². The van der Waals surface area contributed by atoms with Crippen LogP contribution < -0.4 is 10.1 Å². The lowest BCUT2D eigenvalue weighted by Crippen LogP contribution is -2.41. The number of hydrogen-bond acceptors (Lipinski definition) is 6. The Labute approximate surface area is 189 Å². The van der Waals surface area contributed by atoms with Gasteiger partial charge in [-0.2, -0.15) is 0 Å². The third-order valence-electron chi connectivity index (χ3n) is 5.21. The zero-order chi connectivity index (χ0) is 22.5. The van der Waals surface area contributed by atoms with Gasteiger partial charge in [0, 0.05) is 24.7 Å². The summed E-state index contributed by atoms with van der Waals surface area (Å²) >= 11 is 1.22. The first-order valence-corrected chi connectivity index (χ1v) is 11.2. The third-order valence-corrected chi connectivity index (χ3v) is 6.30. The number of carbonyl (C=O) groups excluding carboxylic acids is 2. The van der Waals surface area contributed by atoms with Gasteiger partial charge in [-0.05, 0) is 61.7 Å². The number of ether oxygens (including phenoxy) is 1. The van der Waals surface area contributed by atoms with Crippen LogP contribution in [-0.4, -0.2) is 46.6 Å². The van der Waals surface area contributed by atoms with Crippen molar-refractivity contribution < 1.29 is 18.7 Å². The van der Waals surface area contributed by atoms with Crippen molar-refractivity contribution >= 4 is 28.8 Å². The van der Waals surface area contributed by atoms with Crippen LogP contribution in [0.3, 0.4) is 0 Å². The number of benzene rings is 2. The van der Waals surface area contributed by atoms with Crippen LogP contribution in [0.15, 0.2) is 48.5 Å². The Balaban J connectivity index is 1.34. The summed E-state index contributed by atoms with van der Waals surface area (Å²) in [5, 5.41) is 11.9. The van der Waals surface area contributed by atoms with E-state index in [4.69, 9.17) is 4.74 Å². The van der Waals surface area contributed by atoms with Crippen molar-refractivity contribution in [1.29, 1.82) is 0 Å². The molecule has 0 spiro atoms. The Kier molecular flexibility index (Phi) is 6.75. The van der Waals surface area contributed by atoms with Gasteiger partial charge >= 0.3 is 0 Å². The van der Waals surface area contributed by atoms with Gasteiger partial charge in [0.1, 0.15) is 16.6 Å². The molecule has 7 nitrogen and oxygen atoms in total. The number of anilines is 1. The van der Waals surface area contributed by atoms with Crippen LogP contribution in [0, 0.1) is 12.7 Å². The second-order valence-electron chi connectivity index (χ2n) is 7.69. The average molecular weight is 455 g/mol. The predicted octanol–water partition coefficient (Wildman–Crippen LogP) is 4.02. The van der Waals surface area contributed by atoms with Crippen LogP contribution in [0.2, 0.25) is 0 Å². The Bertz CT molecular complexity index is 1100. The molecule has 9 heteroatoms. The molecule has 0 aliphatic carbocycles. The minimum Gasteiger partial charge on any atom is -0.484 e. The molecule has 2 amide bonds. The maximum atomic E-state index is 13.0. The van der Waals surface area contributed by atoms with Crippen LogP contribution in [-0.2, 0) is 4.79 Å². The van der Waals surface area contributed by atoms with Crippen LogP contribution in [0.5, 0.6) is 5.75 Å². The molecule has 1 fully saturated rings. The molecule has 1 atom stereocenters. The fourth-order valence-electron chi connectivity index (χ4n) is 3.56. The second-order valence-corrected chi connectivity index (χ2v) is 8.70. The van der Waals surface area contributed by atoms with Crippen molar-refractivity contribution in [2.45, 2.75) is 25.7 Å². The van der Waals surface area contributed by atoms with E-state index < -0.39 is 5.91 Å². The molecule has 2 aromatic carbocycles. The van der Waals surface area contributed by atoms with Gasteiger partial charge in [-0.25, -0.2) is 4.39 Å². The largest absolute Gasteiger partial charge is 0.484 e. The zero-order valence-electron chi connectivity index (χ0n) is 17.6. The van der Waals surface area contributed by atoms with E-state index in [9.17, 15) is 14.0 Å². The van der Waals surface area contributed by atoms with Gasteiger partial charge in [0.25, 0.3) is 11.8 Å². The lowest BCUT2D eigenvalue weighted by Gasteiger charge is -2.31.